The summed E-state index contributed by atoms with van der Waals surface area (Å²) in [6.45, 7) is 5.15. The van der Waals surface area contributed by atoms with Crippen molar-refractivity contribution in [1.29, 1.82) is 0 Å². The largest absolute Gasteiger partial charge is 0.393 e. The fourth-order valence-electron chi connectivity index (χ4n) is 5.01. The van der Waals surface area contributed by atoms with Crippen LogP contribution in [0, 0.1) is 5.82 Å². The summed E-state index contributed by atoms with van der Waals surface area (Å²) in [6, 6.07) is 14.6. The van der Waals surface area contributed by atoms with Crippen molar-refractivity contribution in [3.8, 4) is 11.1 Å². The minimum Gasteiger partial charge on any atom is -0.393 e. The standard InChI is InChI=1S/C29H35FN2O4/c1-19(2)32-26-6-4-3-5-25(26)29(20-7-9-21(30)10-8-20)27(32)12-11-23(34)17-24(35)18-28(36)31-15-13-22(33)14-16-31/h3-12,19,22-24,33-35H,13-18H2,1-2H3/b12-11+/t23-,24-/m0/s1. The number of aliphatic hydroxyl groups excluding tert-OH is 3. The third-order valence-electron chi connectivity index (χ3n) is 6.82. The predicted molar refractivity (Wildman–Crippen MR) is 140 cm³/mol. The molecule has 36 heavy (non-hydrogen) atoms. The fourth-order valence-corrected chi connectivity index (χ4v) is 5.01. The first-order valence-corrected chi connectivity index (χ1v) is 12.6. The Balaban J connectivity index is 1.55. The van der Waals surface area contributed by atoms with Crippen LogP contribution in [0.15, 0.2) is 54.6 Å². The number of carbonyl (C=O) groups excluding carboxylic acids is 1. The van der Waals surface area contributed by atoms with Crippen LogP contribution in [0.3, 0.4) is 0 Å². The number of fused-ring (bicyclic) bond motifs is 1. The molecule has 0 radical (unpaired) electrons. The lowest BCUT2D eigenvalue weighted by atomic mass is 10.0. The van der Waals surface area contributed by atoms with E-state index in [1.165, 1.54) is 12.1 Å². The number of aliphatic hydroxyl groups is 3. The quantitative estimate of drug-likeness (QED) is 0.430. The molecule has 0 aliphatic carbocycles. The molecule has 1 aliphatic heterocycles. The molecule has 0 unspecified atom stereocenters. The third kappa shape index (κ3) is 5.86. The van der Waals surface area contributed by atoms with Crippen molar-refractivity contribution in [2.45, 2.75) is 63.9 Å². The van der Waals surface area contributed by atoms with Gasteiger partial charge in [0.05, 0.1) is 24.7 Å². The van der Waals surface area contributed by atoms with Crippen LogP contribution in [0.1, 0.15) is 51.3 Å². The average molecular weight is 495 g/mol. The van der Waals surface area contributed by atoms with E-state index in [-0.39, 0.29) is 36.7 Å². The number of para-hydroxylation sites is 1. The van der Waals surface area contributed by atoms with Crippen molar-refractivity contribution in [3.05, 3.63) is 66.1 Å². The number of carbonyl (C=O) groups is 1. The number of aromatic nitrogens is 1. The molecule has 0 saturated carbocycles. The lowest BCUT2D eigenvalue weighted by molar-refractivity contribution is -0.135. The zero-order chi connectivity index (χ0) is 25.8. The molecule has 0 spiro atoms. The maximum Gasteiger partial charge on any atom is 0.225 e. The molecule has 3 aromatic rings. The smallest absolute Gasteiger partial charge is 0.225 e. The Kier molecular flexibility index (Phi) is 8.24. The van der Waals surface area contributed by atoms with E-state index in [9.17, 15) is 24.5 Å². The second kappa shape index (κ2) is 11.4. The maximum atomic E-state index is 13.6. The van der Waals surface area contributed by atoms with Crippen molar-refractivity contribution < 1.29 is 24.5 Å². The first-order valence-electron chi connectivity index (χ1n) is 12.6. The SMILES string of the molecule is CC(C)n1c(/C=C/[C@H](O)C[C@H](O)CC(=O)N2CCC(O)CC2)c(-c2ccc(F)cc2)c2ccccc21. The summed E-state index contributed by atoms with van der Waals surface area (Å²) in [5.74, 6) is -0.466. The van der Waals surface area contributed by atoms with Gasteiger partial charge < -0.3 is 24.8 Å². The van der Waals surface area contributed by atoms with Crippen LogP contribution in [0.2, 0.25) is 0 Å². The monoisotopic (exact) mass is 494 g/mol. The van der Waals surface area contributed by atoms with Gasteiger partial charge in [-0.05, 0) is 56.5 Å². The van der Waals surface area contributed by atoms with E-state index in [2.05, 4.69) is 18.4 Å². The molecule has 4 rings (SSSR count). The Morgan fingerprint density at radius 3 is 2.42 bits per heavy atom. The number of hydrogen-bond donors (Lipinski definition) is 3. The molecule has 7 heteroatoms. The highest BCUT2D eigenvalue weighted by molar-refractivity contribution is 6.01. The molecule has 2 heterocycles. The van der Waals surface area contributed by atoms with E-state index in [1.54, 1.807) is 23.1 Å². The van der Waals surface area contributed by atoms with Gasteiger partial charge in [-0.15, -0.1) is 0 Å². The van der Waals surface area contributed by atoms with Crippen LogP contribution >= 0.6 is 0 Å². The highest BCUT2D eigenvalue weighted by Crippen LogP contribution is 2.38. The maximum absolute atomic E-state index is 13.6. The van der Waals surface area contributed by atoms with Crippen LogP contribution in [-0.4, -0.2) is 62.1 Å². The predicted octanol–water partition coefficient (Wildman–Crippen LogP) is 4.53. The van der Waals surface area contributed by atoms with Gasteiger partial charge in [-0.2, -0.15) is 0 Å². The minimum atomic E-state index is -0.975. The van der Waals surface area contributed by atoms with E-state index >= 15 is 0 Å². The number of amides is 1. The zero-order valence-corrected chi connectivity index (χ0v) is 20.8. The van der Waals surface area contributed by atoms with Crippen molar-refractivity contribution in [2.75, 3.05) is 13.1 Å². The topological polar surface area (TPSA) is 85.9 Å². The van der Waals surface area contributed by atoms with E-state index in [0.717, 1.165) is 27.7 Å². The average Bonchev–Trinajstić information content (AvgIpc) is 3.18. The van der Waals surface area contributed by atoms with Gasteiger partial charge >= 0.3 is 0 Å². The van der Waals surface area contributed by atoms with Gasteiger partial charge in [-0.3, -0.25) is 4.79 Å². The highest BCUT2D eigenvalue weighted by Gasteiger charge is 2.24. The number of halogens is 1. The fraction of sp³-hybridized carbons (Fsp3) is 0.414. The van der Waals surface area contributed by atoms with Gasteiger partial charge in [0, 0.05) is 47.7 Å². The van der Waals surface area contributed by atoms with E-state index in [0.29, 0.717) is 25.9 Å². The molecule has 6 nitrogen and oxygen atoms in total. The Labute approximate surface area is 211 Å². The molecule has 2 atom stereocenters. The third-order valence-corrected chi connectivity index (χ3v) is 6.82. The summed E-state index contributed by atoms with van der Waals surface area (Å²) >= 11 is 0. The molecular formula is C29H35FN2O4. The van der Waals surface area contributed by atoms with Crippen molar-refractivity contribution in [3.63, 3.8) is 0 Å². The number of likely N-dealkylation sites (tertiary alicyclic amines) is 1. The molecule has 3 N–H and O–H groups in total. The van der Waals surface area contributed by atoms with Gasteiger partial charge in [0.2, 0.25) is 5.91 Å². The summed E-state index contributed by atoms with van der Waals surface area (Å²) in [5, 5.41) is 31.8. The van der Waals surface area contributed by atoms with Gasteiger partial charge in [-0.25, -0.2) is 4.39 Å². The van der Waals surface area contributed by atoms with Gasteiger partial charge in [-0.1, -0.05) is 36.4 Å². The van der Waals surface area contributed by atoms with Gasteiger partial charge in [0.15, 0.2) is 0 Å². The lowest BCUT2D eigenvalue weighted by Crippen LogP contribution is -2.41. The molecule has 2 aromatic carbocycles. The van der Waals surface area contributed by atoms with Gasteiger partial charge in [0.1, 0.15) is 5.82 Å². The Hall–Kier alpha value is -3.00. The first kappa shape index (κ1) is 26.1. The number of piperidine rings is 1. The molecular weight excluding hydrogens is 459 g/mol. The van der Waals surface area contributed by atoms with Crippen molar-refractivity contribution in [2.24, 2.45) is 0 Å². The van der Waals surface area contributed by atoms with Crippen LogP contribution < -0.4 is 0 Å². The molecule has 1 amide bonds. The van der Waals surface area contributed by atoms with Crippen LogP contribution in [0.25, 0.3) is 28.1 Å². The van der Waals surface area contributed by atoms with E-state index < -0.39 is 12.2 Å². The van der Waals surface area contributed by atoms with E-state index in [4.69, 9.17) is 0 Å². The van der Waals surface area contributed by atoms with E-state index in [1.807, 2.05) is 30.3 Å². The Bertz CT molecular complexity index is 1210. The van der Waals surface area contributed by atoms with Gasteiger partial charge in [0.25, 0.3) is 0 Å². The Morgan fingerprint density at radius 1 is 1.08 bits per heavy atom. The summed E-state index contributed by atoms with van der Waals surface area (Å²) in [5.41, 5.74) is 3.75. The minimum absolute atomic E-state index is 0.0342. The van der Waals surface area contributed by atoms with Crippen LogP contribution in [0.5, 0.6) is 0 Å². The molecule has 1 fully saturated rings. The second-order valence-electron chi connectivity index (χ2n) is 9.88. The first-order chi connectivity index (χ1) is 17.2. The summed E-state index contributed by atoms with van der Waals surface area (Å²) in [7, 11) is 0. The second-order valence-corrected chi connectivity index (χ2v) is 9.88. The summed E-state index contributed by atoms with van der Waals surface area (Å²) in [6.07, 6.45) is 2.27. The van der Waals surface area contributed by atoms with Crippen LogP contribution in [0.4, 0.5) is 4.39 Å². The normalized spacial score (nSPS) is 16.8. The highest BCUT2D eigenvalue weighted by atomic mass is 19.1. The molecule has 192 valence electrons. The van der Waals surface area contributed by atoms with Crippen molar-refractivity contribution >= 4 is 22.9 Å². The number of benzene rings is 2. The number of rotatable bonds is 8. The molecule has 0 bridgehead atoms. The lowest BCUT2D eigenvalue weighted by Gasteiger charge is -2.30. The number of nitrogens with zero attached hydrogens (tertiary/aromatic N) is 2. The summed E-state index contributed by atoms with van der Waals surface area (Å²) < 4.78 is 15.8. The summed E-state index contributed by atoms with van der Waals surface area (Å²) in [4.78, 5) is 14.1. The molecule has 1 saturated heterocycles. The Morgan fingerprint density at radius 2 is 1.75 bits per heavy atom. The van der Waals surface area contributed by atoms with Crippen molar-refractivity contribution in [1.82, 2.24) is 9.47 Å². The molecule has 1 aromatic heterocycles. The number of hydrogen-bond acceptors (Lipinski definition) is 4. The van der Waals surface area contributed by atoms with Crippen LogP contribution in [-0.2, 0) is 4.79 Å². The zero-order valence-electron chi connectivity index (χ0n) is 20.8. The molecule has 1 aliphatic rings.